The van der Waals surface area contributed by atoms with E-state index in [4.69, 9.17) is 14.2 Å². The molecule has 0 unspecified atom stereocenters. The van der Waals surface area contributed by atoms with E-state index < -0.39 is 0 Å². The average Bonchev–Trinajstić information content (AvgIpc) is 2.92. The van der Waals surface area contributed by atoms with E-state index in [1.54, 1.807) is 37.6 Å². The van der Waals surface area contributed by atoms with Crippen LogP contribution in [0.5, 0.6) is 17.2 Å². The van der Waals surface area contributed by atoms with Crippen LogP contribution in [0.1, 0.15) is 27.0 Å². The van der Waals surface area contributed by atoms with Gasteiger partial charge in [-0.25, -0.2) is 5.43 Å². The van der Waals surface area contributed by atoms with Crippen LogP contribution in [-0.4, -0.2) is 19.2 Å². The van der Waals surface area contributed by atoms with E-state index in [-0.39, 0.29) is 5.91 Å². The van der Waals surface area contributed by atoms with Crippen LogP contribution in [0.2, 0.25) is 0 Å². The van der Waals surface area contributed by atoms with E-state index in [0.717, 1.165) is 25.6 Å². The first kappa shape index (κ1) is 26.4. The summed E-state index contributed by atoms with van der Waals surface area (Å²) in [5, 5.41) is 4.05. The van der Waals surface area contributed by atoms with Crippen molar-refractivity contribution in [2.75, 3.05) is 7.11 Å². The lowest BCUT2D eigenvalue weighted by atomic mass is 10.2. The molecule has 4 aromatic rings. The van der Waals surface area contributed by atoms with Gasteiger partial charge in [-0.15, -0.1) is 0 Å². The molecule has 0 aliphatic carbocycles. The molecule has 1 amide bonds. The molecule has 0 atom stereocenters. The molecule has 0 radical (unpaired) electrons. The Kier molecular flexibility index (Phi) is 9.35. The molecule has 0 spiro atoms. The summed E-state index contributed by atoms with van der Waals surface area (Å²) in [6.45, 7) is 0.783. The van der Waals surface area contributed by atoms with Crippen LogP contribution >= 0.6 is 31.9 Å². The van der Waals surface area contributed by atoms with Crippen molar-refractivity contribution in [2.45, 2.75) is 13.2 Å². The van der Waals surface area contributed by atoms with Crippen molar-refractivity contribution in [3.05, 3.63) is 122 Å². The first-order valence-corrected chi connectivity index (χ1v) is 13.0. The maximum atomic E-state index is 12.1. The lowest BCUT2D eigenvalue weighted by Gasteiger charge is -2.14. The number of halogens is 2. The third-order valence-corrected chi connectivity index (χ3v) is 6.46. The molecule has 0 saturated carbocycles. The molecule has 0 aliphatic heterocycles. The zero-order valence-electron chi connectivity index (χ0n) is 20.0. The number of benzene rings is 4. The molecule has 188 valence electrons. The van der Waals surface area contributed by atoms with Crippen LogP contribution < -0.4 is 19.6 Å². The van der Waals surface area contributed by atoms with Gasteiger partial charge in [0.1, 0.15) is 19.0 Å². The first-order valence-electron chi connectivity index (χ1n) is 11.4. The molecule has 4 rings (SSSR count). The Labute approximate surface area is 232 Å². The molecule has 0 bridgehead atoms. The zero-order chi connectivity index (χ0) is 26.0. The summed E-state index contributed by atoms with van der Waals surface area (Å²) in [4.78, 5) is 12.1. The SMILES string of the molecule is COc1cc(COc2c(Br)cc(/C=N/NC(=O)c3ccccc3)cc2Br)ccc1OCc1ccccc1. The van der Waals surface area contributed by atoms with Gasteiger partial charge in [0.05, 0.1) is 22.3 Å². The molecule has 4 aromatic carbocycles. The number of hydrazone groups is 1. The summed E-state index contributed by atoms with van der Waals surface area (Å²) in [5.41, 5.74) is 5.86. The van der Waals surface area contributed by atoms with Gasteiger partial charge < -0.3 is 14.2 Å². The molecule has 0 fully saturated rings. The Morgan fingerprint density at radius 1 is 0.811 bits per heavy atom. The van der Waals surface area contributed by atoms with Crippen LogP contribution in [0.3, 0.4) is 0 Å². The van der Waals surface area contributed by atoms with Gasteiger partial charge in [0, 0.05) is 5.56 Å². The zero-order valence-corrected chi connectivity index (χ0v) is 23.2. The average molecular weight is 624 g/mol. The van der Waals surface area contributed by atoms with Gasteiger partial charge in [0.25, 0.3) is 5.91 Å². The first-order chi connectivity index (χ1) is 18.0. The number of nitrogens with zero attached hydrogens (tertiary/aromatic N) is 1. The number of nitrogens with one attached hydrogen (secondary N) is 1. The number of methoxy groups -OCH3 is 1. The number of carbonyl (C=O) groups is 1. The Morgan fingerprint density at radius 2 is 1.46 bits per heavy atom. The highest BCUT2D eigenvalue weighted by Crippen LogP contribution is 2.36. The number of rotatable bonds is 10. The standard InChI is InChI=1S/C29H24Br2N2O4/c1-35-27-16-21(12-13-26(27)36-18-20-8-4-2-5-9-20)19-37-28-24(30)14-22(15-25(28)31)17-32-33-29(34)23-10-6-3-7-11-23/h2-17H,18-19H2,1H3,(H,33,34)/b32-17+. The largest absolute Gasteiger partial charge is 0.493 e. The van der Waals surface area contributed by atoms with Gasteiger partial charge >= 0.3 is 0 Å². The van der Waals surface area contributed by atoms with Crippen molar-refractivity contribution in [1.29, 1.82) is 0 Å². The van der Waals surface area contributed by atoms with Crippen LogP contribution in [0, 0.1) is 0 Å². The van der Waals surface area contributed by atoms with Gasteiger partial charge in [0.2, 0.25) is 0 Å². The number of hydrogen-bond acceptors (Lipinski definition) is 5. The minimum absolute atomic E-state index is 0.276. The van der Waals surface area contributed by atoms with E-state index in [1.165, 1.54) is 0 Å². The molecular formula is C29H24Br2N2O4. The van der Waals surface area contributed by atoms with E-state index >= 15 is 0 Å². The van der Waals surface area contributed by atoms with E-state index in [0.29, 0.717) is 36.0 Å². The molecule has 8 heteroatoms. The minimum atomic E-state index is -0.276. The second-order valence-electron chi connectivity index (χ2n) is 7.93. The fourth-order valence-electron chi connectivity index (χ4n) is 3.42. The lowest BCUT2D eigenvalue weighted by molar-refractivity contribution is 0.0955. The van der Waals surface area contributed by atoms with Crippen LogP contribution in [0.15, 0.2) is 105 Å². The normalized spacial score (nSPS) is 10.8. The molecule has 0 heterocycles. The highest BCUT2D eigenvalue weighted by molar-refractivity contribution is 9.11. The molecule has 37 heavy (non-hydrogen) atoms. The fourth-order valence-corrected chi connectivity index (χ4v) is 4.87. The number of hydrogen-bond donors (Lipinski definition) is 1. The van der Waals surface area contributed by atoms with Crippen molar-refractivity contribution < 1.29 is 19.0 Å². The second kappa shape index (κ2) is 13.1. The predicted molar refractivity (Wildman–Crippen MR) is 151 cm³/mol. The topological polar surface area (TPSA) is 69.2 Å². The predicted octanol–water partition coefficient (Wildman–Crippen LogP) is 7.14. The molecule has 0 aliphatic rings. The Balaban J connectivity index is 1.37. The van der Waals surface area contributed by atoms with E-state index in [9.17, 15) is 4.79 Å². The number of amides is 1. The molecule has 1 N–H and O–H groups in total. The van der Waals surface area contributed by atoms with Crippen molar-refractivity contribution in [1.82, 2.24) is 5.43 Å². The highest BCUT2D eigenvalue weighted by Gasteiger charge is 2.11. The summed E-state index contributed by atoms with van der Waals surface area (Å²) in [5.74, 6) is 1.68. The fraction of sp³-hybridized carbons (Fsp3) is 0.103. The van der Waals surface area contributed by atoms with Gasteiger partial charge in [0.15, 0.2) is 11.5 Å². The van der Waals surface area contributed by atoms with Crippen LogP contribution in [0.4, 0.5) is 0 Å². The molecular weight excluding hydrogens is 600 g/mol. The van der Waals surface area contributed by atoms with Gasteiger partial charge in [-0.1, -0.05) is 54.6 Å². The quantitative estimate of drug-likeness (QED) is 0.151. The maximum absolute atomic E-state index is 12.1. The molecule has 0 aromatic heterocycles. The smallest absolute Gasteiger partial charge is 0.271 e. The third kappa shape index (κ3) is 7.44. The van der Waals surface area contributed by atoms with E-state index in [1.807, 2.05) is 66.7 Å². The summed E-state index contributed by atoms with van der Waals surface area (Å²) >= 11 is 7.13. The summed E-state index contributed by atoms with van der Waals surface area (Å²) in [6, 6.07) is 28.3. The van der Waals surface area contributed by atoms with Gasteiger partial charge in [-0.2, -0.15) is 5.10 Å². The Bertz CT molecular complexity index is 1360. The number of ether oxygens (including phenoxy) is 3. The van der Waals surface area contributed by atoms with Gasteiger partial charge in [-0.05, 0) is 84.9 Å². The second-order valence-corrected chi connectivity index (χ2v) is 9.64. The highest BCUT2D eigenvalue weighted by atomic mass is 79.9. The maximum Gasteiger partial charge on any atom is 0.271 e. The summed E-state index contributed by atoms with van der Waals surface area (Å²) < 4.78 is 19.0. The van der Waals surface area contributed by atoms with Crippen LogP contribution in [0.25, 0.3) is 0 Å². The Hall–Kier alpha value is -3.62. The van der Waals surface area contributed by atoms with Crippen molar-refractivity contribution >= 4 is 44.0 Å². The third-order valence-electron chi connectivity index (χ3n) is 5.28. The summed E-state index contributed by atoms with van der Waals surface area (Å²) in [6.07, 6.45) is 1.57. The van der Waals surface area contributed by atoms with Gasteiger partial charge in [-0.3, -0.25) is 4.79 Å². The van der Waals surface area contributed by atoms with Crippen LogP contribution in [-0.2, 0) is 13.2 Å². The Morgan fingerprint density at radius 3 is 2.14 bits per heavy atom. The molecule has 0 saturated heterocycles. The van der Waals surface area contributed by atoms with Crippen molar-refractivity contribution in [3.8, 4) is 17.2 Å². The summed E-state index contributed by atoms with van der Waals surface area (Å²) in [7, 11) is 1.62. The molecule has 6 nitrogen and oxygen atoms in total. The monoisotopic (exact) mass is 622 g/mol. The van der Waals surface area contributed by atoms with Crippen molar-refractivity contribution in [3.63, 3.8) is 0 Å². The lowest BCUT2D eigenvalue weighted by Crippen LogP contribution is -2.17. The van der Waals surface area contributed by atoms with E-state index in [2.05, 4.69) is 42.4 Å². The minimum Gasteiger partial charge on any atom is -0.493 e. The van der Waals surface area contributed by atoms with Crippen molar-refractivity contribution in [2.24, 2.45) is 5.10 Å². The number of carbonyl (C=O) groups excluding carboxylic acids is 1.